The average molecular weight is 253 g/mol. The molecule has 0 saturated carbocycles. The minimum absolute atomic E-state index is 0.273. The second-order valence-electron chi connectivity index (χ2n) is 4.44. The first kappa shape index (κ1) is 14.6. The van der Waals surface area contributed by atoms with Gasteiger partial charge in [-0.15, -0.1) is 0 Å². The van der Waals surface area contributed by atoms with Gasteiger partial charge in [-0.2, -0.15) is 0 Å². The fourth-order valence-corrected chi connectivity index (χ4v) is 1.90. The fourth-order valence-electron chi connectivity index (χ4n) is 1.90. The van der Waals surface area contributed by atoms with Gasteiger partial charge in [0, 0.05) is 12.6 Å². The molecule has 1 unspecified atom stereocenters. The molecule has 1 aromatic carbocycles. The molecule has 0 aliphatic carbocycles. The monoisotopic (exact) mass is 253 g/mol. The van der Waals surface area contributed by atoms with Crippen LogP contribution in [0.25, 0.3) is 0 Å². The van der Waals surface area contributed by atoms with Crippen molar-refractivity contribution in [3.63, 3.8) is 0 Å². The normalized spacial score (nSPS) is 12.7. The molecule has 0 radical (unpaired) electrons. The summed E-state index contributed by atoms with van der Waals surface area (Å²) in [7, 11) is 0. The standard InChI is InChI=1S/C14H20FNO2/c1-4-10(3)16(5-2)9-11-6-7-12(14(17)18)13(15)8-11/h6-8,10H,4-5,9H2,1-3H3,(H,17,18). The molecule has 1 N–H and O–H groups in total. The van der Waals surface area contributed by atoms with Crippen LogP contribution in [0.5, 0.6) is 0 Å². The smallest absolute Gasteiger partial charge is 0.338 e. The Kier molecular flexibility index (Phi) is 5.28. The van der Waals surface area contributed by atoms with Gasteiger partial charge in [0.15, 0.2) is 0 Å². The van der Waals surface area contributed by atoms with Crippen LogP contribution in [0.4, 0.5) is 4.39 Å². The third-order valence-electron chi connectivity index (χ3n) is 3.27. The number of carboxylic acids is 1. The zero-order valence-electron chi connectivity index (χ0n) is 11.1. The number of carbonyl (C=O) groups is 1. The Bertz CT molecular complexity index is 420. The number of halogens is 1. The second kappa shape index (κ2) is 6.50. The summed E-state index contributed by atoms with van der Waals surface area (Å²) in [5.41, 5.74) is 0.532. The molecule has 1 rings (SSSR count). The lowest BCUT2D eigenvalue weighted by Crippen LogP contribution is -2.31. The van der Waals surface area contributed by atoms with Crippen molar-refractivity contribution in [3.8, 4) is 0 Å². The van der Waals surface area contributed by atoms with Gasteiger partial charge in [0.1, 0.15) is 5.82 Å². The lowest BCUT2D eigenvalue weighted by Gasteiger charge is -2.27. The molecule has 0 aliphatic rings. The van der Waals surface area contributed by atoms with Crippen molar-refractivity contribution in [1.29, 1.82) is 0 Å². The Labute approximate surface area is 107 Å². The molecule has 0 saturated heterocycles. The molecule has 0 aromatic heterocycles. The van der Waals surface area contributed by atoms with E-state index in [4.69, 9.17) is 5.11 Å². The van der Waals surface area contributed by atoms with E-state index in [-0.39, 0.29) is 5.56 Å². The number of hydrogen-bond donors (Lipinski definition) is 1. The molecule has 18 heavy (non-hydrogen) atoms. The molecule has 0 fully saturated rings. The van der Waals surface area contributed by atoms with E-state index >= 15 is 0 Å². The molecule has 1 aromatic rings. The number of rotatable bonds is 6. The van der Waals surface area contributed by atoms with Crippen molar-refractivity contribution in [3.05, 3.63) is 35.1 Å². The lowest BCUT2D eigenvalue weighted by molar-refractivity contribution is 0.0692. The minimum atomic E-state index is -1.23. The quantitative estimate of drug-likeness (QED) is 0.846. The Morgan fingerprint density at radius 3 is 2.56 bits per heavy atom. The predicted octanol–water partition coefficient (Wildman–Crippen LogP) is 3.14. The molecule has 3 nitrogen and oxygen atoms in total. The molecule has 1 atom stereocenters. The topological polar surface area (TPSA) is 40.5 Å². The van der Waals surface area contributed by atoms with E-state index in [9.17, 15) is 9.18 Å². The van der Waals surface area contributed by atoms with Gasteiger partial charge in [0.2, 0.25) is 0 Å². The second-order valence-corrected chi connectivity index (χ2v) is 4.44. The van der Waals surface area contributed by atoms with Crippen LogP contribution < -0.4 is 0 Å². The number of aromatic carboxylic acids is 1. The van der Waals surface area contributed by atoms with Gasteiger partial charge in [-0.05, 0) is 37.6 Å². The average Bonchev–Trinajstić information content (AvgIpc) is 2.34. The van der Waals surface area contributed by atoms with Gasteiger partial charge in [-0.3, -0.25) is 4.90 Å². The molecule has 0 heterocycles. The zero-order chi connectivity index (χ0) is 13.7. The van der Waals surface area contributed by atoms with Crippen molar-refractivity contribution in [1.82, 2.24) is 4.90 Å². The molecule has 0 bridgehead atoms. The number of nitrogens with zero attached hydrogens (tertiary/aromatic N) is 1. The van der Waals surface area contributed by atoms with Crippen LogP contribution in [-0.4, -0.2) is 28.6 Å². The summed E-state index contributed by atoms with van der Waals surface area (Å²) < 4.78 is 13.5. The maximum atomic E-state index is 13.5. The van der Waals surface area contributed by atoms with Crippen LogP contribution in [0.3, 0.4) is 0 Å². The largest absolute Gasteiger partial charge is 0.478 e. The van der Waals surface area contributed by atoms with E-state index in [0.717, 1.165) is 18.5 Å². The third-order valence-corrected chi connectivity index (χ3v) is 3.27. The van der Waals surface area contributed by atoms with Crippen molar-refractivity contribution < 1.29 is 14.3 Å². The molecule has 0 spiro atoms. The van der Waals surface area contributed by atoms with Gasteiger partial charge in [0.25, 0.3) is 0 Å². The molecular formula is C14H20FNO2. The maximum absolute atomic E-state index is 13.5. The lowest BCUT2D eigenvalue weighted by atomic mass is 10.1. The first-order chi connectivity index (χ1) is 8.49. The van der Waals surface area contributed by atoms with Gasteiger partial charge in [-0.1, -0.05) is 19.9 Å². The van der Waals surface area contributed by atoms with E-state index in [2.05, 4.69) is 25.7 Å². The summed E-state index contributed by atoms with van der Waals surface area (Å²) in [5, 5.41) is 8.76. The summed E-state index contributed by atoms with van der Waals surface area (Å²) in [6.45, 7) is 7.83. The van der Waals surface area contributed by atoms with Crippen LogP contribution in [0.15, 0.2) is 18.2 Å². The van der Waals surface area contributed by atoms with E-state index in [1.807, 2.05) is 0 Å². The molecule has 0 aliphatic heterocycles. The maximum Gasteiger partial charge on any atom is 0.338 e. The SMILES string of the molecule is CCC(C)N(CC)Cc1ccc(C(=O)O)c(F)c1. The van der Waals surface area contributed by atoms with E-state index in [1.165, 1.54) is 12.1 Å². The van der Waals surface area contributed by atoms with Crippen LogP contribution in [0, 0.1) is 5.82 Å². The van der Waals surface area contributed by atoms with E-state index < -0.39 is 11.8 Å². The Morgan fingerprint density at radius 2 is 2.11 bits per heavy atom. The number of hydrogen-bond acceptors (Lipinski definition) is 2. The van der Waals surface area contributed by atoms with Crippen molar-refractivity contribution in [2.75, 3.05) is 6.54 Å². The first-order valence-corrected chi connectivity index (χ1v) is 6.25. The summed E-state index contributed by atoms with van der Waals surface area (Å²) in [6, 6.07) is 4.75. The highest BCUT2D eigenvalue weighted by molar-refractivity contribution is 5.87. The highest BCUT2D eigenvalue weighted by atomic mass is 19.1. The fraction of sp³-hybridized carbons (Fsp3) is 0.500. The van der Waals surface area contributed by atoms with Gasteiger partial charge in [0.05, 0.1) is 5.56 Å². The molecule has 4 heteroatoms. The van der Waals surface area contributed by atoms with Crippen LogP contribution in [0.1, 0.15) is 43.1 Å². The van der Waals surface area contributed by atoms with Gasteiger partial charge in [-0.25, -0.2) is 9.18 Å². The third kappa shape index (κ3) is 3.53. The van der Waals surface area contributed by atoms with Crippen molar-refractivity contribution in [2.45, 2.75) is 39.8 Å². The Morgan fingerprint density at radius 1 is 1.44 bits per heavy atom. The summed E-state index contributed by atoms with van der Waals surface area (Å²) >= 11 is 0. The highest BCUT2D eigenvalue weighted by Gasteiger charge is 2.14. The summed E-state index contributed by atoms with van der Waals surface area (Å²) in [4.78, 5) is 12.9. The minimum Gasteiger partial charge on any atom is -0.478 e. The van der Waals surface area contributed by atoms with Crippen molar-refractivity contribution in [2.24, 2.45) is 0 Å². The molecular weight excluding hydrogens is 233 g/mol. The molecule has 0 amide bonds. The van der Waals surface area contributed by atoms with Crippen LogP contribution >= 0.6 is 0 Å². The highest BCUT2D eigenvalue weighted by Crippen LogP contribution is 2.14. The zero-order valence-corrected chi connectivity index (χ0v) is 11.1. The Hall–Kier alpha value is -1.42. The van der Waals surface area contributed by atoms with Gasteiger partial charge < -0.3 is 5.11 Å². The predicted molar refractivity (Wildman–Crippen MR) is 69.2 cm³/mol. The van der Waals surface area contributed by atoms with Gasteiger partial charge >= 0.3 is 5.97 Å². The number of benzene rings is 1. The van der Waals surface area contributed by atoms with Crippen LogP contribution in [-0.2, 0) is 6.54 Å². The summed E-state index contributed by atoms with van der Waals surface area (Å²) in [6.07, 6.45) is 1.03. The van der Waals surface area contributed by atoms with E-state index in [0.29, 0.717) is 12.6 Å². The number of carboxylic acid groups (broad SMARTS) is 1. The van der Waals surface area contributed by atoms with Crippen LogP contribution in [0.2, 0.25) is 0 Å². The molecule has 100 valence electrons. The Balaban J connectivity index is 2.85. The first-order valence-electron chi connectivity index (χ1n) is 6.25. The van der Waals surface area contributed by atoms with E-state index in [1.54, 1.807) is 6.07 Å². The summed E-state index contributed by atoms with van der Waals surface area (Å²) in [5.74, 6) is -1.89. The van der Waals surface area contributed by atoms with Crippen molar-refractivity contribution >= 4 is 5.97 Å².